The zero-order chi connectivity index (χ0) is 26.2. The Kier molecular flexibility index (Phi) is 8.84. The summed E-state index contributed by atoms with van der Waals surface area (Å²) in [5.74, 6) is 0. The third-order valence-electron chi connectivity index (χ3n) is 5.73. The molecule has 0 aliphatic heterocycles. The van der Waals surface area contributed by atoms with Crippen molar-refractivity contribution >= 4 is 20.2 Å². The van der Waals surface area contributed by atoms with E-state index in [-0.39, 0.29) is 35.7 Å². The SMILES string of the molecule is Cc1cc(C(C)(C)C)nn1C(n1nc(C(C)(C)C)cc1C)n1nc(C(C)(C)C)cc1C.[Cl][Mn][Cl]. The number of rotatable bonds is 3. The maximum absolute atomic E-state index is 5.05. The second kappa shape index (κ2) is 10.4. The molecule has 0 radical (unpaired) electrons. The number of aryl methyl sites for hydroxylation is 3. The Balaban J connectivity index is 0.00000129. The Bertz CT molecular complexity index is 968. The van der Waals surface area contributed by atoms with Gasteiger partial charge in [-0.25, -0.2) is 14.0 Å². The first-order valence-electron chi connectivity index (χ1n) is 11.5. The Morgan fingerprint density at radius 1 is 0.588 bits per heavy atom. The zero-order valence-corrected chi connectivity index (χ0v) is 25.3. The zero-order valence-electron chi connectivity index (χ0n) is 22.6. The maximum atomic E-state index is 5.05. The summed E-state index contributed by atoms with van der Waals surface area (Å²) < 4.78 is 6.21. The van der Waals surface area contributed by atoms with Gasteiger partial charge in [-0.1, -0.05) is 62.3 Å². The van der Waals surface area contributed by atoms with Crippen LogP contribution in [0.3, 0.4) is 0 Å². The van der Waals surface area contributed by atoms with E-state index in [1.54, 1.807) is 0 Å². The van der Waals surface area contributed by atoms with E-state index in [2.05, 4.69) is 115 Å². The molecule has 3 heterocycles. The average molecular weight is 550 g/mol. The summed E-state index contributed by atoms with van der Waals surface area (Å²) in [6.07, 6.45) is -0.303. The van der Waals surface area contributed by atoms with Crippen LogP contribution in [-0.4, -0.2) is 29.3 Å². The normalized spacial score (nSPS) is 12.8. The molecule has 0 fully saturated rings. The molecule has 0 bridgehead atoms. The second-order valence-electron chi connectivity index (χ2n) is 12.0. The van der Waals surface area contributed by atoms with E-state index in [9.17, 15) is 0 Å². The molecule has 0 amide bonds. The van der Waals surface area contributed by atoms with Gasteiger partial charge in [0.2, 0.25) is 6.29 Å². The van der Waals surface area contributed by atoms with E-state index >= 15 is 0 Å². The Labute approximate surface area is 220 Å². The van der Waals surface area contributed by atoms with Crippen molar-refractivity contribution < 1.29 is 13.1 Å². The first kappa shape index (κ1) is 29.0. The fraction of sp³-hybridized carbons (Fsp3) is 0.640. The van der Waals surface area contributed by atoms with Gasteiger partial charge in [0.25, 0.3) is 0 Å². The Hall–Kier alpha value is -1.27. The quantitative estimate of drug-likeness (QED) is 0.330. The molecule has 0 spiro atoms. The summed E-state index contributed by atoms with van der Waals surface area (Å²) in [5.41, 5.74) is 6.37. The van der Waals surface area contributed by atoms with Crippen molar-refractivity contribution in [2.45, 2.75) is 106 Å². The number of aromatic nitrogens is 6. The minimum atomic E-state index is -0.303. The third kappa shape index (κ3) is 6.48. The number of hydrogen-bond donors (Lipinski definition) is 0. The first-order valence-corrected chi connectivity index (χ1v) is 14.7. The topological polar surface area (TPSA) is 53.5 Å². The first-order chi connectivity index (χ1) is 15.4. The number of halogens is 2. The molecule has 3 rings (SSSR count). The van der Waals surface area contributed by atoms with Gasteiger partial charge in [-0.2, -0.15) is 15.3 Å². The van der Waals surface area contributed by atoms with Crippen LogP contribution in [0.25, 0.3) is 0 Å². The predicted molar refractivity (Wildman–Crippen MR) is 139 cm³/mol. The number of nitrogens with zero attached hydrogens (tertiary/aromatic N) is 6. The van der Waals surface area contributed by atoms with Crippen LogP contribution >= 0.6 is 20.2 Å². The molecular weight excluding hydrogens is 510 g/mol. The van der Waals surface area contributed by atoms with Gasteiger partial charge < -0.3 is 0 Å². The van der Waals surface area contributed by atoms with Crippen molar-refractivity contribution in [3.8, 4) is 0 Å². The Morgan fingerprint density at radius 2 is 0.794 bits per heavy atom. The molecule has 3 aromatic rings. The average Bonchev–Trinajstić information content (AvgIpc) is 3.34. The summed E-state index contributed by atoms with van der Waals surface area (Å²) in [6, 6.07) is 6.54. The molecule has 34 heavy (non-hydrogen) atoms. The van der Waals surface area contributed by atoms with Crippen LogP contribution in [0.5, 0.6) is 0 Å². The molecule has 0 aliphatic carbocycles. The van der Waals surface area contributed by atoms with Gasteiger partial charge in [-0.05, 0) is 39.0 Å². The fourth-order valence-electron chi connectivity index (χ4n) is 3.58. The van der Waals surface area contributed by atoms with Gasteiger partial charge in [-0.15, -0.1) is 0 Å². The van der Waals surface area contributed by atoms with Crippen molar-refractivity contribution in [2.24, 2.45) is 0 Å². The van der Waals surface area contributed by atoms with Crippen molar-refractivity contribution in [1.82, 2.24) is 29.3 Å². The molecule has 0 aromatic carbocycles. The number of hydrogen-bond acceptors (Lipinski definition) is 3. The minimum absolute atomic E-state index is 0.00694. The van der Waals surface area contributed by atoms with E-state index in [4.69, 9.17) is 35.5 Å². The molecule has 6 nitrogen and oxygen atoms in total. The van der Waals surface area contributed by atoms with E-state index in [1.807, 2.05) is 0 Å². The molecule has 0 N–H and O–H groups in total. The van der Waals surface area contributed by atoms with Crippen molar-refractivity contribution in [2.75, 3.05) is 0 Å². The molecular formula is C25H40Cl2MnN6. The molecule has 9 heteroatoms. The monoisotopic (exact) mass is 549 g/mol. The van der Waals surface area contributed by atoms with Crippen molar-refractivity contribution in [3.05, 3.63) is 52.4 Å². The van der Waals surface area contributed by atoms with Crippen molar-refractivity contribution in [3.63, 3.8) is 0 Å². The molecule has 0 saturated carbocycles. The summed E-state index contributed by atoms with van der Waals surface area (Å²) in [5, 5.41) is 15.2. The van der Waals surface area contributed by atoms with Gasteiger partial charge in [0, 0.05) is 33.3 Å². The molecule has 0 saturated heterocycles. The van der Waals surface area contributed by atoms with Gasteiger partial charge in [-0.3, -0.25) is 0 Å². The van der Waals surface area contributed by atoms with Crippen LogP contribution in [0.2, 0.25) is 0 Å². The van der Waals surface area contributed by atoms with Gasteiger partial charge in [0.1, 0.15) is 0 Å². The molecule has 191 valence electrons. The van der Waals surface area contributed by atoms with Crippen LogP contribution in [0.4, 0.5) is 0 Å². The van der Waals surface area contributed by atoms with Crippen LogP contribution in [0.1, 0.15) is 103 Å². The van der Waals surface area contributed by atoms with Crippen LogP contribution in [0, 0.1) is 20.8 Å². The molecule has 0 unspecified atom stereocenters. The summed E-state index contributed by atoms with van der Waals surface area (Å²) in [4.78, 5) is 0. The van der Waals surface area contributed by atoms with Crippen LogP contribution in [0.15, 0.2) is 18.2 Å². The molecule has 0 atom stereocenters. The van der Waals surface area contributed by atoms with Gasteiger partial charge >= 0.3 is 33.3 Å². The standard InChI is InChI=1S/C25H40N6.2ClH.Mn/c1-16-13-19(23(4,5)6)26-29(16)22(30-17(2)14-20(27-30)24(7,8)9)31-18(3)15-21(28-31)25(10,11)12;;;/h13-15,22H,1-12H3;2*1H;/q;;;+2/p-2. The summed E-state index contributed by atoms with van der Waals surface area (Å²) in [6.45, 7) is 26.1. The van der Waals surface area contributed by atoms with Crippen LogP contribution < -0.4 is 0 Å². The van der Waals surface area contributed by atoms with E-state index in [0.717, 1.165) is 34.2 Å². The van der Waals surface area contributed by atoms with E-state index < -0.39 is 0 Å². The van der Waals surface area contributed by atoms with Crippen LogP contribution in [-0.2, 0) is 29.4 Å². The Morgan fingerprint density at radius 3 is 0.941 bits per heavy atom. The van der Waals surface area contributed by atoms with E-state index in [0.29, 0.717) is 0 Å². The van der Waals surface area contributed by atoms with Gasteiger partial charge in [0.05, 0.1) is 17.1 Å². The third-order valence-corrected chi connectivity index (χ3v) is 5.73. The van der Waals surface area contributed by atoms with Gasteiger partial charge in [0.15, 0.2) is 0 Å². The summed E-state index contributed by atoms with van der Waals surface area (Å²) >= 11 is 0.00694. The van der Waals surface area contributed by atoms with Crippen molar-refractivity contribution in [1.29, 1.82) is 0 Å². The predicted octanol–water partition coefficient (Wildman–Crippen LogP) is 7.02. The second-order valence-corrected chi connectivity index (χ2v) is 13.9. The fourth-order valence-corrected chi connectivity index (χ4v) is 3.58. The molecule has 0 aliphatic rings. The molecule has 3 aromatic heterocycles. The summed E-state index contributed by atoms with van der Waals surface area (Å²) in [7, 11) is 9.59. The van der Waals surface area contributed by atoms with E-state index in [1.165, 1.54) is 0 Å².